The number of amides is 1. The number of nitrogens with one attached hydrogen (secondary N) is 2. The van der Waals surface area contributed by atoms with E-state index in [4.69, 9.17) is 5.73 Å². The highest BCUT2D eigenvalue weighted by atomic mass is 16.2. The highest BCUT2D eigenvalue weighted by Crippen LogP contribution is 2.13. The third-order valence-corrected chi connectivity index (χ3v) is 2.55. The smallest absolute Gasteiger partial charge is 0.229 e. The molecule has 2 unspecified atom stereocenters. The van der Waals surface area contributed by atoms with Gasteiger partial charge in [0.05, 0.1) is 12.1 Å². The molecule has 0 saturated heterocycles. The van der Waals surface area contributed by atoms with Gasteiger partial charge in [-0.1, -0.05) is 13.8 Å². The monoisotopic (exact) mass is 210 g/mol. The largest absolute Gasteiger partial charge is 0.327 e. The molecular weight excluding hydrogens is 192 g/mol. The molecule has 0 aliphatic rings. The van der Waals surface area contributed by atoms with E-state index < -0.39 is 0 Å². The molecule has 1 aromatic rings. The van der Waals surface area contributed by atoms with Crippen LogP contribution in [0, 0.1) is 5.92 Å². The molecule has 0 radical (unpaired) electrons. The summed E-state index contributed by atoms with van der Waals surface area (Å²) in [6.45, 7) is 5.63. The number of anilines is 1. The van der Waals surface area contributed by atoms with Crippen LogP contribution in [0.25, 0.3) is 0 Å². The van der Waals surface area contributed by atoms with Crippen LogP contribution in [0.3, 0.4) is 0 Å². The maximum Gasteiger partial charge on any atom is 0.229 e. The van der Waals surface area contributed by atoms with Gasteiger partial charge in [-0.25, -0.2) is 0 Å². The van der Waals surface area contributed by atoms with E-state index in [1.165, 1.54) is 0 Å². The van der Waals surface area contributed by atoms with Crippen LogP contribution >= 0.6 is 0 Å². The molecule has 5 heteroatoms. The van der Waals surface area contributed by atoms with Crippen LogP contribution in [0.1, 0.15) is 26.3 Å². The third-order valence-electron chi connectivity index (χ3n) is 2.55. The summed E-state index contributed by atoms with van der Waals surface area (Å²) in [6, 6.07) is -0.155. The zero-order valence-corrected chi connectivity index (χ0v) is 9.37. The Labute approximate surface area is 89.4 Å². The summed E-state index contributed by atoms with van der Waals surface area (Å²) in [5.41, 5.74) is 6.65. The van der Waals surface area contributed by atoms with Gasteiger partial charge in [-0.2, -0.15) is 5.10 Å². The van der Waals surface area contributed by atoms with E-state index in [-0.39, 0.29) is 17.9 Å². The first-order valence-corrected chi connectivity index (χ1v) is 5.15. The van der Waals surface area contributed by atoms with Crippen molar-refractivity contribution in [3.63, 3.8) is 0 Å². The second-order valence-electron chi connectivity index (χ2n) is 3.76. The molecule has 5 nitrogen and oxygen atoms in total. The number of carbonyl (C=O) groups excluding carboxylic acids is 1. The summed E-state index contributed by atoms with van der Waals surface area (Å²) in [7, 11) is 0. The maximum absolute atomic E-state index is 11.7. The second-order valence-corrected chi connectivity index (χ2v) is 3.76. The number of hydrogen-bond acceptors (Lipinski definition) is 3. The van der Waals surface area contributed by atoms with Crippen molar-refractivity contribution in [2.24, 2.45) is 11.7 Å². The van der Waals surface area contributed by atoms with Crippen molar-refractivity contribution >= 4 is 11.7 Å². The van der Waals surface area contributed by atoms with Gasteiger partial charge in [0.1, 0.15) is 5.82 Å². The zero-order chi connectivity index (χ0) is 11.4. The zero-order valence-electron chi connectivity index (χ0n) is 9.37. The highest BCUT2D eigenvalue weighted by Gasteiger charge is 2.18. The van der Waals surface area contributed by atoms with Crippen LogP contribution in [-0.4, -0.2) is 22.1 Å². The van der Waals surface area contributed by atoms with E-state index in [9.17, 15) is 4.79 Å². The van der Waals surface area contributed by atoms with Crippen molar-refractivity contribution < 1.29 is 4.79 Å². The first kappa shape index (κ1) is 11.7. The Balaban J connectivity index is 2.66. The SMILES string of the molecule is CCc1cn[nH]c1NC(=O)C(C)C(C)N. The van der Waals surface area contributed by atoms with E-state index in [0.717, 1.165) is 12.0 Å². The highest BCUT2D eigenvalue weighted by molar-refractivity contribution is 5.92. The van der Waals surface area contributed by atoms with Crippen molar-refractivity contribution in [1.82, 2.24) is 10.2 Å². The van der Waals surface area contributed by atoms with Crippen LogP contribution in [0.2, 0.25) is 0 Å². The van der Waals surface area contributed by atoms with Gasteiger partial charge in [0.2, 0.25) is 5.91 Å². The normalized spacial score (nSPS) is 14.7. The maximum atomic E-state index is 11.7. The van der Waals surface area contributed by atoms with Gasteiger partial charge in [0.25, 0.3) is 0 Å². The second kappa shape index (κ2) is 4.93. The number of nitrogens with zero attached hydrogens (tertiary/aromatic N) is 1. The van der Waals surface area contributed by atoms with Gasteiger partial charge < -0.3 is 11.1 Å². The van der Waals surface area contributed by atoms with Crippen LogP contribution in [0.5, 0.6) is 0 Å². The molecule has 1 aromatic heterocycles. The lowest BCUT2D eigenvalue weighted by Gasteiger charge is -2.14. The Morgan fingerprint density at radius 3 is 2.87 bits per heavy atom. The van der Waals surface area contributed by atoms with Crippen molar-refractivity contribution in [3.8, 4) is 0 Å². The van der Waals surface area contributed by atoms with Crippen molar-refractivity contribution in [3.05, 3.63) is 11.8 Å². The van der Waals surface area contributed by atoms with Crippen molar-refractivity contribution in [2.45, 2.75) is 33.2 Å². The molecule has 0 aliphatic heterocycles. The molecule has 1 heterocycles. The van der Waals surface area contributed by atoms with Gasteiger partial charge >= 0.3 is 0 Å². The minimum absolute atomic E-state index is 0.0797. The van der Waals surface area contributed by atoms with E-state index in [2.05, 4.69) is 15.5 Å². The topological polar surface area (TPSA) is 83.8 Å². The Morgan fingerprint density at radius 1 is 1.67 bits per heavy atom. The molecule has 0 saturated carbocycles. The molecule has 15 heavy (non-hydrogen) atoms. The van der Waals surface area contributed by atoms with Gasteiger partial charge in [-0.3, -0.25) is 9.89 Å². The molecule has 0 aliphatic carbocycles. The average Bonchev–Trinajstić information content (AvgIpc) is 2.63. The van der Waals surface area contributed by atoms with Gasteiger partial charge in [-0.15, -0.1) is 0 Å². The first-order valence-electron chi connectivity index (χ1n) is 5.15. The fourth-order valence-electron chi connectivity index (χ4n) is 1.16. The summed E-state index contributed by atoms with van der Waals surface area (Å²) in [5.74, 6) is 0.386. The molecule has 0 bridgehead atoms. The first-order chi connectivity index (χ1) is 7.06. The lowest BCUT2D eigenvalue weighted by molar-refractivity contribution is -0.119. The molecule has 84 valence electrons. The lowest BCUT2D eigenvalue weighted by atomic mass is 10.0. The standard InChI is InChI=1S/C10H18N4O/c1-4-8-5-12-14-9(8)13-10(15)6(2)7(3)11/h5-7H,4,11H2,1-3H3,(H2,12,13,14,15). The van der Waals surface area contributed by atoms with Crippen LogP contribution in [0.4, 0.5) is 5.82 Å². The van der Waals surface area contributed by atoms with E-state index >= 15 is 0 Å². The molecule has 0 fully saturated rings. The van der Waals surface area contributed by atoms with Gasteiger partial charge in [-0.05, 0) is 13.3 Å². The molecule has 2 atom stereocenters. The number of nitrogens with two attached hydrogens (primary N) is 1. The molecule has 4 N–H and O–H groups in total. The van der Waals surface area contributed by atoms with Crippen LogP contribution < -0.4 is 11.1 Å². The summed E-state index contributed by atoms with van der Waals surface area (Å²) < 4.78 is 0. The number of aromatic nitrogens is 2. The number of H-pyrrole nitrogens is 1. The van der Waals surface area contributed by atoms with E-state index in [0.29, 0.717) is 5.82 Å². The fraction of sp³-hybridized carbons (Fsp3) is 0.600. The Kier molecular flexibility index (Phi) is 3.85. The summed E-state index contributed by atoms with van der Waals surface area (Å²) in [4.78, 5) is 11.7. The Hall–Kier alpha value is -1.36. The van der Waals surface area contributed by atoms with E-state index in [1.54, 1.807) is 6.20 Å². The predicted octanol–water partition coefficient (Wildman–Crippen LogP) is 0.894. The lowest BCUT2D eigenvalue weighted by Crippen LogP contribution is -2.34. The van der Waals surface area contributed by atoms with Gasteiger partial charge in [0.15, 0.2) is 0 Å². The average molecular weight is 210 g/mol. The minimum Gasteiger partial charge on any atom is -0.327 e. The number of rotatable bonds is 4. The predicted molar refractivity (Wildman–Crippen MR) is 59.4 cm³/mol. The van der Waals surface area contributed by atoms with Gasteiger partial charge in [0, 0.05) is 11.6 Å². The minimum atomic E-state index is -0.210. The van der Waals surface area contributed by atoms with Crippen LogP contribution in [-0.2, 0) is 11.2 Å². The molecule has 0 spiro atoms. The molecule has 0 aromatic carbocycles. The van der Waals surface area contributed by atoms with Crippen LogP contribution in [0.15, 0.2) is 6.20 Å². The van der Waals surface area contributed by atoms with Crippen molar-refractivity contribution in [2.75, 3.05) is 5.32 Å². The number of hydrogen-bond donors (Lipinski definition) is 3. The fourth-order valence-corrected chi connectivity index (χ4v) is 1.16. The Bertz CT molecular complexity index is 332. The quantitative estimate of drug-likeness (QED) is 0.690. The third kappa shape index (κ3) is 2.79. The number of aryl methyl sites for hydroxylation is 1. The number of aromatic amines is 1. The molecule has 1 amide bonds. The van der Waals surface area contributed by atoms with E-state index in [1.807, 2.05) is 20.8 Å². The molecule has 1 rings (SSSR count). The number of carbonyl (C=O) groups is 1. The summed E-state index contributed by atoms with van der Waals surface area (Å²) in [5, 5.41) is 9.42. The Morgan fingerprint density at radius 2 is 2.33 bits per heavy atom. The molecular formula is C10H18N4O. The summed E-state index contributed by atoms with van der Waals surface area (Å²) >= 11 is 0. The van der Waals surface area contributed by atoms with Crippen molar-refractivity contribution in [1.29, 1.82) is 0 Å². The summed E-state index contributed by atoms with van der Waals surface area (Å²) in [6.07, 6.45) is 2.55.